The van der Waals surface area contributed by atoms with E-state index < -0.39 is 0 Å². The minimum absolute atomic E-state index is 0.334. The fourth-order valence-electron chi connectivity index (χ4n) is 3.59. The van der Waals surface area contributed by atoms with E-state index in [-0.39, 0.29) is 0 Å². The Labute approximate surface area is 179 Å². The molecule has 2 atom stereocenters. The predicted octanol–water partition coefficient (Wildman–Crippen LogP) is 7.55. The summed E-state index contributed by atoms with van der Waals surface area (Å²) in [4.78, 5) is 2.15. The molecule has 0 radical (unpaired) electrons. The number of anilines is 2. The van der Waals surface area contributed by atoms with Gasteiger partial charge in [0.05, 0.1) is 7.11 Å². The predicted molar refractivity (Wildman–Crippen MR) is 129 cm³/mol. The molecule has 0 aromatic heterocycles. The van der Waals surface area contributed by atoms with E-state index in [1.165, 1.54) is 63.5 Å². The molecule has 160 valence electrons. The number of hydrogen-bond acceptors (Lipinski definition) is 3. The Morgan fingerprint density at radius 2 is 1.50 bits per heavy atom. The first-order chi connectivity index (χ1) is 13.5. The van der Waals surface area contributed by atoms with Gasteiger partial charge in [-0.3, -0.25) is 0 Å². The summed E-state index contributed by atoms with van der Waals surface area (Å²) >= 11 is 5.50. The minimum Gasteiger partial charge on any atom is -0.474 e. The van der Waals surface area contributed by atoms with Crippen LogP contribution in [0, 0.1) is 0 Å². The fourth-order valence-corrected chi connectivity index (χ4v) is 3.87. The summed E-state index contributed by atoms with van der Waals surface area (Å²) in [5.74, 6) is 0. The Kier molecular flexibility index (Phi) is 13.0. The summed E-state index contributed by atoms with van der Waals surface area (Å²) in [6.45, 7) is 9.01. The molecule has 0 aliphatic heterocycles. The molecule has 4 heteroatoms. The van der Waals surface area contributed by atoms with Gasteiger partial charge in [0.2, 0.25) is 0 Å². The number of ether oxygens (including phenoxy) is 1. The second-order valence-electron chi connectivity index (χ2n) is 7.98. The molecule has 28 heavy (non-hydrogen) atoms. The van der Waals surface area contributed by atoms with Crippen LogP contribution in [0.15, 0.2) is 24.3 Å². The van der Waals surface area contributed by atoms with Crippen molar-refractivity contribution in [3.63, 3.8) is 0 Å². The highest BCUT2D eigenvalue weighted by atomic mass is 32.1. The van der Waals surface area contributed by atoms with E-state index in [1.807, 2.05) is 0 Å². The molecule has 1 N–H and O–H groups in total. The molecule has 0 saturated carbocycles. The highest BCUT2D eigenvalue weighted by molar-refractivity contribution is 7.80. The van der Waals surface area contributed by atoms with E-state index in [2.05, 4.69) is 62.2 Å². The van der Waals surface area contributed by atoms with E-state index in [9.17, 15) is 0 Å². The maximum atomic E-state index is 5.50. The number of hydrogen-bond donors (Lipinski definition) is 1. The quantitative estimate of drug-likeness (QED) is 0.254. The van der Waals surface area contributed by atoms with Crippen molar-refractivity contribution in [3.05, 3.63) is 24.3 Å². The van der Waals surface area contributed by atoms with Crippen LogP contribution in [0.25, 0.3) is 0 Å². The fraction of sp³-hybridized carbons (Fsp3) is 0.708. The maximum absolute atomic E-state index is 5.50. The normalized spacial score (nSPS) is 13.0. The first-order valence-electron chi connectivity index (χ1n) is 11.3. The molecule has 0 fully saturated rings. The topological polar surface area (TPSA) is 24.5 Å². The number of thiocarbonyl (C=S) groups is 1. The van der Waals surface area contributed by atoms with Crippen LogP contribution >= 0.6 is 12.2 Å². The van der Waals surface area contributed by atoms with E-state index in [0.717, 1.165) is 12.1 Å². The molecular formula is C24H42N2OS. The van der Waals surface area contributed by atoms with Crippen LogP contribution in [-0.2, 0) is 4.74 Å². The van der Waals surface area contributed by atoms with E-state index in [4.69, 9.17) is 17.0 Å². The second kappa shape index (κ2) is 14.7. The van der Waals surface area contributed by atoms with Crippen molar-refractivity contribution in [3.8, 4) is 0 Å². The summed E-state index contributed by atoms with van der Waals surface area (Å²) < 4.78 is 5.42. The van der Waals surface area contributed by atoms with Gasteiger partial charge in [0.25, 0.3) is 5.17 Å². The van der Waals surface area contributed by atoms with Crippen LogP contribution in [0.2, 0.25) is 0 Å². The molecular weight excluding hydrogens is 364 g/mol. The van der Waals surface area contributed by atoms with Gasteiger partial charge in [0.15, 0.2) is 0 Å². The van der Waals surface area contributed by atoms with Crippen LogP contribution in [-0.4, -0.2) is 24.4 Å². The molecule has 0 saturated heterocycles. The first kappa shape index (κ1) is 24.7. The molecule has 1 rings (SSSR count). The van der Waals surface area contributed by atoms with Gasteiger partial charge in [-0.05, 0) is 63.2 Å². The summed E-state index contributed by atoms with van der Waals surface area (Å²) in [6.07, 6.45) is 12.7. The van der Waals surface area contributed by atoms with E-state index in [0.29, 0.717) is 17.3 Å². The average Bonchev–Trinajstić information content (AvgIpc) is 2.70. The van der Waals surface area contributed by atoms with Crippen molar-refractivity contribution in [2.24, 2.45) is 0 Å². The zero-order valence-electron chi connectivity index (χ0n) is 18.8. The third-order valence-corrected chi connectivity index (χ3v) is 5.70. The van der Waals surface area contributed by atoms with Crippen molar-refractivity contribution in [1.82, 2.24) is 0 Å². The van der Waals surface area contributed by atoms with Crippen molar-refractivity contribution in [2.75, 3.05) is 17.3 Å². The van der Waals surface area contributed by atoms with Gasteiger partial charge in [-0.15, -0.1) is 0 Å². The zero-order valence-corrected chi connectivity index (χ0v) is 19.6. The Balaban J connectivity index is 2.65. The number of nitrogens with zero attached hydrogens (tertiary/aromatic N) is 1. The van der Waals surface area contributed by atoms with Crippen LogP contribution in [0.4, 0.5) is 11.4 Å². The van der Waals surface area contributed by atoms with Crippen LogP contribution < -0.4 is 10.2 Å². The van der Waals surface area contributed by atoms with Crippen molar-refractivity contribution < 1.29 is 4.74 Å². The number of benzene rings is 1. The molecule has 0 aliphatic rings. The van der Waals surface area contributed by atoms with Crippen LogP contribution in [0.1, 0.15) is 91.9 Å². The molecule has 1 aromatic carbocycles. The lowest BCUT2D eigenvalue weighted by atomic mass is 10.1. The minimum atomic E-state index is 0.334. The molecule has 0 amide bonds. The van der Waals surface area contributed by atoms with Crippen LogP contribution in [0.5, 0.6) is 0 Å². The Morgan fingerprint density at radius 1 is 0.929 bits per heavy atom. The van der Waals surface area contributed by atoms with Gasteiger partial charge in [0, 0.05) is 23.5 Å². The van der Waals surface area contributed by atoms with Crippen molar-refractivity contribution in [2.45, 2.75) is 104 Å². The Hall–Kier alpha value is -1.29. The molecule has 0 spiro atoms. The molecule has 1 aromatic rings. The third kappa shape index (κ3) is 9.27. The monoisotopic (exact) mass is 406 g/mol. The highest BCUT2D eigenvalue weighted by Gasteiger charge is 2.19. The van der Waals surface area contributed by atoms with Gasteiger partial charge in [-0.1, -0.05) is 65.2 Å². The summed E-state index contributed by atoms with van der Waals surface area (Å²) in [5.41, 5.74) is 2.28. The highest BCUT2D eigenvalue weighted by Crippen LogP contribution is 2.24. The Bertz CT molecular complexity index is 532. The van der Waals surface area contributed by atoms with Crippen LogP contribution in [0.3, 0.4) is 0 Å². The van der Waals surface area contributed by atoms with Gasteiger partial charge in [0.1, 0.15) is 0 Å². The molecule has 2 unspecified atom stereocenters. The molecule has 0 aliphatic carbocycles. The first-order valence-corrected chi connectivity index (χ1v) is 11.7. The smallest absolute Gasteiger partial charge is 0.263 e. The Morgan fingerprint density at radius 3 is 2.04 bits per heavy atom. The van der Waals surface area contributed by atoms with Gasteiger partial charge >= 0.3 is 0 Å². The summed E-state index contributed by atoms with van der Waals surface area (Å²) in [5, 5.41) is 4.17. The van der Waals surface area contributed by atoms with Gasteiger partial charge in [-0.25, -0.2) is 0 Å². The van der Waals surface area contributed by atoms with Crippen molar-refractivity contribution in [1.29, 1.82) is 0 Å². The second-order valence-corrected chi connectivity index (χ2v) is 8.33. The number of unbranched alkanes of at least 4 members (excludes halogenated alkanes) is 6. The lowest BCUT2D eigenvalue weighted by Crippen LogP contribution is -2.38. The van der Waals surface area contributed by atoms with E-state index >= 15 is 0 Å². The number of methoxy groups -OCH3 is 1. The van der Waals surface area contributed by atoms with E-state index in [1.54, 1.807) is 7.11 Å². The van der Waals surface area contributed by atoms with Crippen molar-refractivity contribution >= 4 is 28.8 Å². The number of rotatable bonds is 14. The number of nitrogens with one attached hydrogen (secondary N) is 1. The SMILES string of the molecule is CCCCCCC(C)Nc1ccc(N(C(=S)OC)C(C)CCCCCC)cc1. The lowest BCUT2D eigenvalue weighted by molar-refractivity contribution is 0.394. The standard InChI is InChI=1S/C24H42N2OS/c1-6-8-10-12-14-20(3)25-22-16-18-23(19-17-22)26(24(28)27-5)21(4)15-13-11-9-7-2/h16-21,25H,6-15H2,1-5H3. The average molecular weight is 407 g/mol. The maximum Gasteiger partial charge on any atom is 0.263 e. The largest absolute Gasteiger partial charge is 0.474 e. The summed E-state index contributed by atoms with van der Waals surface area (Å²) in [6, 6.07) is 9.46. The molecule has 0 heterocycles. The molecule has 3 nitrogen and oxygen atoms in total. The summed E-state index contributed by atoms with van der Waals surface area (Å²) in [7, 11) is 1.66. The third-order valence-electron chi connectivity index (χ3n) is 5.34. The zero-order chi connectivity index (χ0) is 20.8. The van der Waals surface area contributed by atoms with Gasteiger partial charge < -0.3 is 15.0 Å². The lowest BCUT2D eigenvalue weighted by Gasteiger charge is -2.30. The van der Waals surface area contributed by atoms with Gasteiger partial charge in [-0.2, -0.15) is 0 Å². The molecule has 0 bridgehead atoms.